The van der Waals surface area contributed by atoms with Crippen LogP contribution in [0.5, 0.6) is 0 Å². The van der Waals surface area contributed by atoms with Gasteiger partial charge in [-0.15, -0.1) is 0 Å². The number of aryl methyl sites for hydroxylation is 1. The maximum absolute atomic E-state index is 13.7. The van der Waals surface area contributed by atoms with Crippen molar-refractivity contribution < 1.29 is 4.79 Å². The SMILES string of the molecule is CCc1cccc(C(=O)Cn2cnc3c(C#N)c(N4CCNCC4)n(CC4CCC4)c3c2=O)c1. The summed E-state index contributed by atoms with van der Waals surface area (Å²) >= 11 is 0. The van der Waals surface area contributed by atoms with Crippen LogP contribution in [-0.4, -0.2) is 46.1 Å². The number of nitrogens with zero attached hydrogens (tertiary/aromatic N) is 5. The van der Waals surface area contributed by atoms with Gasteiger partial charge in [-0.1, -0.05) is 31.5 Å². The number of nitrogens with one attached hydrogen (secondary N) is 1. The zero-order valence-corrected chi connectivity index (χ0v) is 19.6. The van der Waals surface area contributed by atoms with Crippen LogP contribution in [0.4, 0.5) is 5.82 Å². The Hall–Kier alpha value is -3.44. The summed E-state index contributed by atoms with van der Waals surface area (Å²) in [6, 6.07) is 9.87. The zero-order valence-electron chi connectivity index (χ0n) is 19.6. The zero-order chi connectivity index (χ0) is 23.7. The van der Waals surface area contributed by atoms with E-state index in [1.807, 2.05) is 29.7 Å². The van der Waals surface area contributed by atoms with Crippen molar-refractivity contribution in [2.45, 2.75) is 45.7 Å². The number of nitriles is 1. The fraction of sp³-hybridized carbons (Fsp3) is 0.462. The van der Waals surface area contributed by atoms with Gasteiger partial charge in [0.1, 0.15) is 28.5 Å². The molecule has 1 saturated heterocycles. The average Bonchev–Trinajstić information content (AvgIpc) is 3.17. The summed E-state index contributed by atoms with van der Waals surface area (Å²) < 4.78 is 3.42. The maximum Gasteiger partial charge on any atom is 0.278 e. The van der Waals surface area contributed by atoms with Gasteiger partial charge in [0.15, 0.2) is 5.78 Å². The Morgan fingerprint density at radius 2 is 2.06 bits per heavy atom. The third-order valence-corrected chi connectivity index (χ3v) is 7.16. The Morgan fingerprint density at radius 1 is 1.26 bits per heavy atom. The highest BCUT2D eigenvalue weighted by atomic mass is 16.1. The molecule has 1 aliphatic heterocycles. The summed E-state index contributed by atoms with van der Waals surface area (Å²) in [5, 5.41) is 13.4. The van der Waals surface area contributed by atoms with Crippen LogP contribution in [0.2, 0.25) is 0 Å². The highest BCUT2D eigenvalue weighted by Gasteiger charge is 2.29. The molecule has 2 aliphatic rings. The van der Waals surface area contributed by atoms with Crippen LogP contribution in [-0.2, 0) is 19.5 Å². The van der Waals surface area contributed by atoms with E-state index in [0.29, 0.717) is 34.6 Å². The molecular formula is C26H30N6O2. The summed E-state index contributed by atoms with van der Waals surface area (Å²) in [7, 11) is 0. The maximum atomic E-state index is 13.7. The number of carbonyl (C=O) groups is 1. The Kier molecular flexibility index (Phi) is 6.20. The summed E-state index contributed by atoms with van der Waals surface area (Å²) in [4.78, 5) is 33.4. The van der Waals surface area contributed by atoms with E-state index in [-0.39, 0.29) is 17.9 Å². The van der Waals surface area contributed by atoms with Crippen LogP contribution < -0.4 is 15.8 Å². The van der Waals surface area contributed by atoms with Gasteiger partial charge in [0.05, 0.1) is 12.9 Å². The van der Waals surface area contributed by atoms with Crippen LogP contribution >= 0.6 is 0 Å². The first-order chi connectivity index (χ1) is 16.6. The van der Waals surface area contributed by atoms with E-state index in [1.54, 1.807) is 6.07 Å². The molecule has 0 radical (unpaired) electrons. The molecule has 1 saturated carbocycles. The summed E-state index contributed by atoms with van der Waals surface area (Å²) in [6.45, 7) is 5.88. The number of hydrogen-bond acceptors (Lipinski definition) is 6. The minimum absolute atomic E-state index is 0.0750. The lowest BCUT2D eigenvalue weighted by molar-refractivity contribution is 0.0970. The number of anilines is 1. The van der Waals surface area contributed by atoms with Crippen molar-refractivity contribution in [2.75, 3.05) is 31.1 Å². The Bertz CT molecular complexity index is 1320. The molecule has 1 aliphatic carbocycles. The van der Waals surface area contributed by atoms with Crippen molar-refractivity contribution in [1.82, 2.24) is 19.4 Å². The molecule has 0 amide bonds. The highest BCUT2D eigenvalue weighted by Crippen LogP contribution is 2.35. The normalized spacial score (nSPS) is 16.4. The van der Waals surface area contributed by atoms with Gasteiger partial charge >= 0.3 is 0 Å². The van der Waals surface area contributed by atoms with E-state index >= 15 is 0 Å². The molecule has 3 aromatic rings. The van der Waals surface area contributed by atoms with Gasteiger partial charge in [-0.3, -0.25) is 14.2 Å². The Morgan fingerprint density at radius 3 is 2.74 bits per heavy atom. The topological polar surface area (TPSA) is 95.9 Å². The summed E-state index contributed by atoms with van der Waals surface area (Å²) in [5.74, 6) is 1.17. The quantitative estimate of drug-likeness (QED) is 0.547. The van der Waals surface area contributed by atoms with Gasteiger partial charge in [-0.05, 0) is 36.8 Å². The number of fused-ring (bicyclic) bond motifs is 1. The molecule has 0 spiro atoms. The number of ketones is 1. The molecule has 2 aromatic heterocycles. The lowest BCUT2D eigenvalue weighted by Crippen LogP contribution is -2.44. The van der Waals surface area contributed by atoms with Gasteiger partial charge in [0.25, 0.3) is 5.56 Å². The first kappa shape index (κ1) is 22.4. The van der Waals surface area contributed by atoms with Crippen molar-refractivity contribution in [2.24, 2.45) is 5.92 Å². The molecular weight excluding hydrogens is 428 g/mol. The van der Waals surface area contributed by atoms with Crippen LogP contribution in [0.15, 0.2) is 35.4 Å². The lowest BCUT2D eigenvalue weighted by atomic mass is 9.85. The van der Waals surface area contributed by atoms with Crippen LogP contribution in [0.1, 0.15) is 47.7 Å². The molecule has 176 valence electrons. The summed E-state index contributed by atoms with van der Waals surface area (Å²) in [5.41, 5.74) is 2.76. The third-order valence-electron chi connectivity index (χ3n) is 7.16. The number of Topliss-reactive ketones (excluding diaryl/α,β-unsaturated/α-hetero) is 1. The van der Waals surface area contributed by atoms with Crippen molar-refractivity contribution >= 4 is 22.6 Å². The van der Waals surface area contributed by atoms with E-state index in [2.05, 4.69) is 21.3 Å². The minimum atomic E-state index is -0.262. The van der Waals surface area contributed by atoms with Gasteiger partial charge in [-0.25, -0.2) is 4.98 Å². The van der Waals surface area contributed by atoms with E-state index in [4.69, 9.17) is 0 Å². The number of carbonyl (C=O) groups excluding carboxylic acids is 1. The molecule has 8 nitrogen and oxygen atoms in total. The smallest absolute Gasteiger partial charge is 0.278 e. The predicted octanol–water partition coefficient (Wildman–Crippen LogP) is 2.72. The van der Waals surface area contributed by atoms with Gasteiger partial charge in [0, 0.05) is 38.3 Å². The molecule has 2 fully saturated rings. The van der Waals surface area contributed by atoms with Gasteiger partial charge in [0.2, 0.25) is 0 Å². The Balaban J connectivity index is 1.59. The molecule has 5 rings (SSSR count). The number of hydrogen-bond donors (Lipinski definition) is 1. The molecule has 8 heteroatoms. The van der Waals surface area contributed by atoms with E-state index in [9.17, 15) is 14.9 Å². The third kappa shape index (κ3) is 4.01. The van der Waals surface area contributed by atoms with Crippen LogP contribution in [0.25, 0.3) is 11.0 Å². The van der Waals surface area contributed by atoms with E-state index in [1.165, 1.54) is 17.3 Å². The molecule has 1 aromatic carbocycles. The number of aromatic nitrogens is 3. The van der Waals surface area contributed by atoms with Crippen LogP contribution in [0, 0.1) is 17.2 Å². The van der Waals surface area contributed by atoms with E-state index in [0.717, 1.165) is 56.8 Å². The monoisotopic (exact) mass is 458 g/mol. The lowest BCUT2D eigenvalue weighted by Gasteiger charge is -2.33. The van der Waals surface area contributed by atoms with E-state index < -0.39 is 0 Å². The summed E-state index contributed by atoms with van der Waals surface area (Å²) in [6.07, 6.45) is 5.72. The molecule has 34 heavy (non-hydrogen) atoms. The number of benzene rings is 1. The fourth-order valence-electron chi connectivity index (χ4n) is 4.99. The first-order valence-corrected chi connectivity index (χ1v) is 12.2. The first-order valence-electron chi connectivity index (χ1n) is 12.2. The molecule has 0 unspecified atom stereocenters. The van der Waals surface area contributed by atoms with Gasteiger partial charge < -0.3 is 14.8 Å². The highest BCUT2D eigenvalue weighted by molar-refractivity contribution is 5.96. The van der Waals surface area contributed by atoms with Crippen molar-refractivity contribution in [3.05, 3.63) is 57.6 Å². The second-order valence-corrected chi connectivity index (χ2v) is 9.31. The second kappa shape index (κ2) is 9.43. The Labute approximate surface area is 198 Å². The van der Waals surface area contributed by atoms with Crippen molar-refractivity contribution in [3.8, 4) is 6.07 Å². The molecule has 1 N–H and O–H groups in total. The molecule has 0 bridgehead atoms. The predicted molar refractivity (Wildman–Crippen MR) is 131 cm³/mol. The average molecular weight is 459 g/mol. The number of piperazine rings is 1. The fourth-order valence-corrected chi connectivity index (χ4v) is 4.99. The van der Waals surface area contributed by atoms with Crippen molar-refractivity contribution in [1.29, 1.82) is 5.26 Å². The van der Waals surface area contributed by atoms with Crippen molar-refractivity contribution in [3.63, 3.8) is 0 Å². The molecule has 3 heterocycles. The van der Waals surface area contributed by atoms with Crippen LogP contribution in [0.3, 0.4) is 0 Å². The minimum Gasteiger partial charge on any atom is -0.354 e. The standard InChI is InChI=1S/C26H30N6O2/c1-2-18-5-4-8-20(13-18)22(33)16-31-17-29-23-21(14-27)25(30-11-9-28-10-12-30)32(24(23)26(31)34)15-19-6-3-7-19/h4-5,8,13,17,19,28H,2-3,6-7,9-12,15-16H2,1H3. The van der Waals surface area contributed by atoms with Gasteiger partial charge in [-0.2, -0.15) is 5.26 Å². The second-order valence-electron chi connectivity index (χ2n) is 9.31. The molecule has 0 atom stereocenters. The largest absolute Gasteiger partial charge is 0.354 e. The number of rotatable bonds is 7.